The predicted molar refractivity (Wildman–Crippen MR) is 33.6 cm³/mol. The van der Waals surface area contributed by atoms with Crippen LogP contribution in [0.15, 0.2) is 0 Å². The SMILES string of the molecule is C#CC(C)(C)C(F)(F)C(F)(F)F. The minimum atomic E-state index is -5.59. The van der Waals surface area contributed by atoms with Gasteiger partial charge in [-0.25, -0.2) is 0 Å². The van der Waals surface area contributed by atoms with Crippen LogP contribution in [-0.2, 0) is 0 Å². The van der Waals surface area contributed by atoms with Crippen molar-refractivity contribution >= 4 is 0 Å². The fourth-order valence-corrected chi connectivity index (χ4v) is 0.445. The van der Waals surface area contributed by atoms with Crippen molar-refractivity contribution in [1.82, 2.24) is 0 Å². The molecule has 5 heteroatoms. The van der Waals surface area contributed by atoms with Crippen LogP contribution in [0, 0.1) is 17.8 Å². The lowest BCUT2D eigenvalue weighted by molar-refractivity contribution is -0.310. The first-order valence-corrected chi connectivity index (χ1v) is 2.98. The van der Waals surface area contributed by atoms with E-state index >= 15 is 0 Å². The number of hydrogen-bond donors (Lipinski definition) is 0. The smallest absolute Gasteiger partial charge is 0.195 e. The van der Waals surface area contributed by atoms with Gasteiger partial charge in [-0.05, 0) is 13.8 Å². The van der Waals surface area contributed by atoms with Crippen LogP contribution in [0.4, 0.5) is 22.0 Å². The molecule has 0 N–H and O–H groups in total. The van der Waals surface area contributed by atoms with Gasteiger partial charge in [0, 0.05) is 0 Å². The monoisotopic (exact) mass is 186 g/mol. The first kappa shape index (κ1) is 11.2. The highest BCUT2D eigenvalue weighted by molar-refractivity contribution is 5.10. The molecule has 0 aromatic heterocycles. The second-order valence-corrected chi connectivity index (χ2v) is 2.84. The number of rotatable bonds is 1. The summed E-state index contributed by atoms with van der Waals surface area (Å²) in [5, 5.41) is 0. The number of terminal acetylenes is 1. The Kier molecular flexibility index (Phi) is 2.44. The molecule has 0 saturated heterocycles. The lowest BCUT2D eigenvalue weighted by Gasteiger charge is -2.30. The normalized spacial score (nSPS) is 14.2. The van der Waals surface area contributed by atoms with Crippen LogP contribution in [0.3, 0.4) is 0 Å². The summed E-state index contributed by atoms with van der Waals surface area (Å²) in [5.74, 6) is -3.43. The molecule has 0 saturated carbocycles. The maximum atomic E-state index is 12.4. The van der Waals surface area contributed by atoms with Gasteiger partial charge >= 0.3 is 12.1 Å². The van der Waals surface area contributed by atoms with Crippen LogP contribution in [0.1, 0.15) is 13.8 Å². The lowest BCUT2D eigenvalue weighted by Crippen LogP contribution is -2.48. The highest BCUT2D eigenvalue weighted by Crippen LogP contribution is 2.47. The average molecular weight is 186 g/mol. The Bertz CT molecular complexity index is 205. The Morgan fingerprint density at radius 2 is 1.33 bits per heavy atom. The van der Waals surface area contributed by atoms with E-state index in [1.165, 1.54) is 5.92 Å². The van der Waals surface area contributed by atoms with Crippen molar-refractivity contribution in [3.05, 3.63) is 0 Å². The molecule has 0 aliphatic heterocycles. The summed E-state index contributed by atoms with van der Waals surface area (Å²) in [7, 11) is 0. The van der Waals surface area contributed by atoms with Crippen molar-refractivity contribution in [1.29, 1.82) is 0 Å². The van der Waals surface area contributed by atoms with Gasteiger partial charge in [-0.1, -0.05) is 5.92 Å². The zero-order chi connectivity index (χ0) is 10.2. The second kappa shape index (κ2) is 2.61. The lowest BCUT2D eigenvalue weighted by atomic mass is 9.86. The molecule has 0 radical (unpaired) electrons. The Balaban J connectivity index is 5.02. The highest BCUT2D eigenvalue weighted by atomic mass is 19.4. The van der Waals surface area contributed by atoms with E-state index in [2.05, 4.69) is 6.42 Å². The first-order valence-electron chi connectivity index (χ1n) is 2.98. The van der Waals surface area contributed by atoms with Crippen molar-refractivity contribution in [2.45, 2.75) is 25.9 Å². The fraction of sp³-hybridized carbons (Fsp3) is 0.714. The summed E-state index contributed by atoms with van der Waals surface area (Å²) >= 11 is 0. The van der Waals surface area contributed by atoms with Gasteiger partial charge in [-0.3, -0.25) is 0 Å². The Morgan fingerprint density at radius 3 is 1.42 bits per heavy atom. The molecule has 0 heterocycles. The van der Waals surface area contributed by atoms with Crippen LogP contribution in [0.2, 0.25) is 0 Å². The van der Waals surface area contributed by atoms with Crippen LogP contribution in [0.5, 0.6) is 0 Å². The van der Waals surface area contributed by atoms with Gasteiger partial charge in [0.2, 0.25) is 0 Å². The summed E-state index contributed by atoms with van der Waals surface area (Å²) in [5.41, 5.74) is -2.51. The van der Waals surface area contributed by atoms with Crippen LogP contribution < -0.4 is 0 Å². The van der Waals surface area contributed by atoms with Crippen LogP contribution in [0.25, 0.3) is 0 Å². The van der Waals surface area contributed by atoms with Gasteiger partial charge < -0.3 is 0 Å². The third-order valence-electron chi connectivity index (χ3n) is 1.50. The minimum Gasteiger partial charge on any atom is -0.195 e. The zero-order valence-corrected chi connectivity index (χ0v) is 6.47. The van der Waals surface area contributed by atoms with E-state index in [-0.39, 0.29) is 0 Å². The number of halogens is 5. The van der Waals surface area contributed by atoms with E-state index < -0.39 is 17.5 Å². The van der Waals surface area contributed by atoms with E-state index in [4.69, 9.17) is 0 Å². The number of hydrogen-bond acceptors (Lipinski definition) is 0. The van der Waals surface area contributed by atoms with Gasteiger partial charge in [0.05, 0.1) is 5.41 Å². The molecule has 0 aromatic rings. The highest BCUT2D eigenvalue weighted by Gasteiger charge is 2.65. The average Bonchev–Trinajstić information content (AvgIpc) is 1.85. The summed E-state index contributed by atoms with van der Waals surface area (Å²) < 4.78 is 59.9. The molecule has 12 heavy (non-hydrogen) atoms. The van der Waals surface area contributed by atoms with Crippen molar-refractivity contribution < 1.29 is 22.0 Å². The maximum absolute atomic E-state index is 12.4. The minimum absolute atomic E-state index is 0.667. The van der Waals surface area contributed by atoms with Gasteiger partial charge in [0.1, 0.15) is 0 Å². The molecule has 0 aromatic carbocycles. The van der Waals surface area contributed by atoms with Gasteiger partial charge in [-0.15, -0.1) is 6.42 Å². The Hall–Kier alpha value is -0.790. The molecule has 70 valence electrons. The third-order valence-corrected chi connectivity index (χ3v) is 1.50. The summed E-state index contributed by atoms with van der Waals surface area (Å²) in [6, 6.07) is 0. The van der Waals surface area contributed by atoms with Crippen molar-refractivity contribution in [3.8, 4) is 12.3 Å². The first-order chi connectivity index (χ1) is 5.06. The largest absolute Gasteiger partial charge is 0.454 e. The number of alkyl halides is 5. The van der Waals surface area contributed by atoms with Crippen molar-refractivity contribution in [2.24, 2.45) is 5.41 Å². The van der Waals surface area contributed by atoms with Crippen molar-refractivity contribution in [2.75, 3.05) is 0 Å². The molecule has 0 atom stereocenters. The fourth-order valence-electron chi connectivity index (χ4n) is 0.445. The zero-order valence-electron chi connectivity index (χ0n) is 6.47. The van der Waals surface area contributed by atoms with Crippen LogP contribution in [-0.4, -0.2) is 12.1 Å². The quantitative estimate of drug-likeness (QED) is 0.436. The molecule has 0 bridgehead atoms. The summed E-state index contributed by atoms with van der Waals surface area (Å²) in [6.07, 6.45) is -1.04. The molecular weight excluding hydrogens is 179 g/mol. The molecule has 0 amide bonds. The van der Waals surface area contributed by atoms with Crippen molar-refractivity contribution in [3.63, 3.8) is 0 Å². The summed E-state index contributed by atoms with van der Waals surface area (Å²) in [4.78, 5) is 0. The van der Waals surface area contributed by atoms with E-state index in [1.54, 1.807) is 0 Å². The summed E-state index contributed by atoms with van der Waals surface area (Å²) in [6.45, 7) is 1.33. The second-order valence-electron chi connectivity index (χ2n) is 2.84. The molecule has 0 aliphatic carbocycles. The predicted octanol–water partition coefficient (Wildman–Crippen LogP) is 2.84. The molecule has 0 aliphatic rings. The molecule has 0 nitrogen and oxygen atoms in total. The molecule has 0 unspecified atom stereocenters. The third kappa shape index (κ3) is 1.52. The van der Waals surface area contributed by atoms with Gasteiger partial charge in [-0.2, -0.15) is 22.0 Å². The van der Waals surface area contributed by atoms with Gasteiger partial charge in [0.25, 0.3) is 0 Å². The maximum Gasteiger partial charge on any atom is 0.454 e. The molecular formula is C7H7F5. The Morgan fingerprint density at radius 1 is 1.00 bits per heavy atom. The van der Waals surface area contributed by atoms with E-state index in [0.717, 1.165) is 0 Å². The molecule has 0 fully saturated rings. The topological polar surface area (TPSA) is 0 Å². The van der Waals surface area contributed by atoms with E-state index in [1.807, 2.05) is 0 Å². The standard InChI is InChI=1S/C7H7F5/c1-4-5(2,3)6(8,9)7(10,11)12/h1H,2-3H3. The van der Waals surface area contributed by atoms with E-state index in [9.17, 15) is 22.0 Å². The van der Waals surface area contributed by atoms with Crippen LogP contribution >= 0.6 is 0 Å². The Labute approximate surface area is 66.8 Å². The molecule has 0 rings (SSSR count). The van der Waals surface area contributed by atoms with E-state index in [0.29, 0.717) is 13.8 Å². The molecule has 0 spiro atoms. The van der Waals surface area contributed by atoms with Gasteiger partial charge in [0.15, 0.2) is 0 Å².